The first-order valence-electron chi connectivity index (χ1n) is 17.1. The van der Waals surface area contributed by atoms with Crippen molar-refractivity contribution in [2.24, 2.45) is 0 Å². The number of thiazole rings is 1. The number of hydrogen-bond acceptors (Lipinski definition) is 9. The summed E-state index contributed by atoms with van der Waals surface area (Å²) in [7, 11) is 1.56. The molecule has 4 amide bonds. The molecule has 0 radical (unpaired) electrons. The van der Waals surface area contributed by atoms with Crippen LogP contribution in [0.4, 0.5) is 0 Å². The van der Waals surface area contributed by atoms with Crippen LogP contribution in [0.5, 0.6) is 11.5 Å². The van der Waals surface area contributed by atoms with E-state index in [0.717, 1.165) is 16.1 Å². The maximum Gasteiger partial charge on any atom is 0.242 e. The highest BCUT2D eigenvalue weighted by molar-refractivity contribution is 7.15. The Morgan fingerprint density at radius 2 is 1.90 bits per heavy atom. The van der Waals surface area contributed by atoms with E-state index in [4.69, 9.17) is 9.47 Å². The number of pyridine rings is 1. The molecule has 4 bridgehead atoms. The summed E-state index contributed by atoms with van der Waals surface area (Å²) in [5.74, 6) is 0.524. The van der Waals surface area contributed by atoms with E-state index in [1.807, 2.05) is 57.4 Å². The van der Waals surface area contributed by atoms with Crippen molar-refractivity contribution < 1.29 is 28.7 Å². The number of fused-ring (bicyclic) bond motifs is 16. The fourth-order valence-electron chi connectivity index (χ4n) is 6.42. The van der Waals surface area contributed by atoms with Crippen LogP contribution in [0.2, 0.25) is 0 Å². The number of nitrogens with one attached hydrogen (secondary N) is 2. The molecule has 2 atom stereocenters. The molecule has 1 fully saturated rings. The molecule has 7 rings (SSSR count). The van der Waals surface area contributed by atoms with Crippen LogP contribution >= 0.6 is 11.3 Å². The highest BCUT2D eigenvalue weighted by Gasteiger charge is 2.41. The Balaban J connectivity index is 1.17. The number of aromatic nitrogens is 3. The van der Waals surface area contributed by atoms with Crippen LogP contribution in [0.3, 0.4) is 0 Å². The molecule has 6 heterocycles. The van der Waals surface area contributed by atoms with Crippen LogP contribution in [0.1, 0.15) is 48.9 Å². The Hall–Kier alpha value is -4.98. The van der Waals surface area contributed by atoms with Crippen molar-refractivity contribution in [1.29, 1.82) is 0 Å². The Kier molecular flexibility index (Phi) is 11.6. The number of carbonyl (C=O) groups excluding carboxylic acids is 4. The lowest BCUT2D eigenvalue weighted by Gasteiger charge is -2.24. The second-order valence-corrected chi connectivity index (χ2v) is 13.5. The number of imidazole rings is 1. The number of methoxy groups -OCH3 is 1. The van der Waals surface area contributed by atoms with Gasteiger partial charge in [-0.05, 0) is 55.0 Å². The molecule has 14 heteroatoms. The predicted octanol–water partition coefficient (Wildman–Crippen LogP) is 2.81. The number of hydrogen-bond donors (Lipinski definition) is 2. The molecule has 3 aromatic heterocycles. The Morgan fingerprint density at radius 3 is 2.72 bits per heavy atom. The van der Waals surface area contributed by atoms with Gasteiger partial charge < -0.3 is 29.9 Å². The largest absolute Gasteiger partial charge is 0.493 e. The number of carbonyl (C=O) groups is 4. The molecule has 50 heavy (non-hydrogen) atoms. The van der Waals surface area contributed by atoms with Crippen LogP contribution in [0.25, 0.3) is 4.96 Å². The van der Waals surface area contributed by atoms with Crippen molar-refractivity contribution in [3.8, 4) is 11.5 Å². The third-order valence-corrected chi connectivity index (χ3v) is 9.81. The van der Waals surface area contributed by atoms with E-state index in [9.17, 15) is 19.2 Å². The standard InChI is InChI=1S/C36H43N7O6S/c1-48-31-18-25-7-9-30(31)49-28-21-29(43(24-28)34(46)20-27-23-42-16-17-50-36(42)40-27)35(47)39-12-2-3-14-41(15-5-13-38-32(44)10-8-25)33(45)19-26-6-4-11-37-22-26/h4,6-7,9,11,16-18,22-23,28-29H,2-3,5,8,10,12-15,19-21,24H2,1H3,(H,38,44)(H,39,47)/t28-,29-/m0/s1. The van der Waals surface area contributed by atoms with Gasteiger partial charge in [0.1, 0.15) is 12.1 Å². The molecule has 0 saturated carbocycles. The average molecular weight is 702 g/mol. The van der Waals surface area contributed by atoms with Crippen molar-refractivity contribution in [1.82, 2.24) is 34.8 Å². The lowest BCUT2D eigenvalue weighted by Crippen LogP contribution is -2.46. The Bertz CT molecular complexity index is 1770. The summed E-state index contributed by atoms with van der Waals surface area (Å²) in [6.07, 6.45) is 10.0. The molecule has 1 aromatic carbocycles. The van der Waals surface area contributed by atoms with Crippen LogP contribution in [0.15, 0.2) is 60.5 Å². The van der Waals surface area contributed by atoms with Gasteiger partial charge in [-0.1, -0.05) is 12.1 Å². The minimum Gasteiger partial charge on any atom is -0.493 e. The summed E-state index contributed by atoms with van der Waals surface area (Å²) in [6.45, 7) is 2.11. The molecule has 0 aliphatic carbocycles. The Labute approximate surface area is 295 Å². The number of rotatable bonds is 5. The lowest BCUT2D eigenvalue weighted by molar-refractivity contribution is -0.138. The first-order chi connectivity index (χ1) is 24.4. The summed E-state index contributed by atoms with van der Waals surface area (Å²) in [5.41, 5.74) is 2.40. The second kappa shape index (κ2) is 16.6. The summed E-state index contributed by atoms with van der Waals surface area (Å²) >= 11 is 1.49. The molecule has 3 aliphatic rings. The summed E-state index contributed by atoms with van der Waals surface area (Å²) in [4.78, 5) is 66.2. The molecule has 0 unspecified atom stereocenters. The van der Waals surface area contributed by atoms with Gasteiger partial charge in [0.2, 0.25) is 23.6 Å². The highest BCUT2D eigenvalue weighted by Crippen LogP contribution is 2.32. The Morgan fingerprint density at radius 1 is 1.04 bits per heavy atom. The highest BCUT2D eigenvalue weighted by atomic mass is 32.1. The zero-order valence-corrected chi connectivity index (χ0v) is 29.0. The normalized spacial score (nSPS) is 19.6. The van der Waals surface area contributed by atoms with Gasteiger partial charge in [0.05, 0.1) is 32.2 Å². The average Bonchev–Trinajstić information content (AvgIpc) is 3.84. The first-order valence-corrected chi connectivity index (χ1v) is 18.0. The smallest absolute Gasteiger partial charge is 0.242 e. The monoisotopic (exact) mass is 701 g/mol. The van der Waals surface area contributed by atoms with Crippen LogP contribution in [0, 0.1) is 0 Å². The van der Waals surface area contributed by atoms with E-state index in [-0.39, 0.29) is 43.0 Å². The third-order valence-electron chi connectivity index (χ3n) is 9.04. The molecular weight excluding hydrogens is 659 g/mol. The van der Waals surface area contributed by atoms with Gasteiger partial charge in [-0.25, -0.2) is 4.98 Å². The quantitative estimate of drug-likeness (QED) is 0.323. The fraction of sp³-hybridized carbons (Fsp3) is 0.444. The van der Waals surface area contributed by atoms with Crippen molar-refractivity contribution in [2.75, 3.05) is 39.8 Å². The van der Waals surface area contributed by atoms with Crippen LogP contribution < -0.4 is 20.1 Å². The summed E-state index contributed by atoms with van der Waals surface area (Å²) in [6, 6.07) is 8.54. The maximum absolute atomic E-state index is 13.7. The van der Waals surface area contributed by atoms with Gasteiger partial charge in [-0.3, -0.25) is 28.6 Å². The molecule has 264 valence electrons. The predicted molar refractivity (Wildman–Crippen MR) is 187 cm³/mol. The first kappa shape index (κ1) is 34.9. The minimum absolute atomic E-state index is 0.0103. The number of ether oxygens (including phenoxy) is 2. The molecule has 0 spiro atoms. The van der Waals surface area contributed by atoms with Crippen molar-refractivity contribution in [3.05, 3.63) is 77.3 Å². The van der Waals surface area contributed by atoms with Crippen LogP contribution in [-0.2, 0) is 38.4 Å². The fourth-order valence-corrected chi connectivity index (χ4v) is 7.14. The van der Waals surface area contributed by atoms with Crippen molar-refractivity contribution in [3.63, 3.8) is 0 Å². The number of benzene rings is 1. The van der Waals surface area contributed by atoms with Crippen molar-refractivity contribution >= 4 is 39.9 Å². The molecule has 3 aliphatic heterocycles. The number of aryl methyl sites for hydroxylation is 1. The van der Waals surface area contributed by atoms with Gasteiger partial charge in [0.25, 0.3) is 0 Å². The maximum atomic E-state index is 13.7. The SMILES string of the molecule is COc1cc2ccc1O[C@H]1C[C@@H](C(=O)NCCCCN(C(=O)Cc3cccnc3)CCCNC(=O)CC2)N(C(=O)Cc2cn3ccsc3n2)C1. The van der Waals surface area contributed by atoms with E-state index < -0.39 is 12.1 Å². The van der Waals surface area contributed by atoms with E-state index in [1.165, 1.54) is 11.3 Å². The number of amides is 4. The van der Waals surface area contributed by atoms with Gasteiger partial charge in [-0.2, -0.15) is 0 Å². The molecule has 4 aromatic rings. The minimum atomic E-state index is -0.713. The zero-order chi connectivity index (χ0) is 34.9. The molecular formula is C36H43N7O6S. The van der Waals surface area contributed by atoms with E-state index in [2.05, 4.69) is 20.6 Å². The molecule has 2 N–H and O–H groups in total. The third kappa shape index (κ3) is 8.97. The van der Waals surface area contributed by atoms with Gasteiger partial charge >= 0.3 is 0 Å². The second-order valence-electron chi connectivity index (χ2n) is 12.6. The van der Waals surface area contributed by atoms with E-state index in [0.29, 0.717) is 81.9 Å². The van der Waals surface area contributed by atoms with Crippen LogP contribution in [-0.4, -0.2) is 99.8 Å². The lowest BCUT2D eigenvalue weighted by atomic mass is 10.1. The zero-order valence-electron chi connectivity index (χ0n) is 28.2. The summed E-state index contributed by atoms with van der Waals surface area (Å²) in [5, 5.41) is 7.94. The van der Waals surface area contributed by atoms with E-state index in [1.54, 1.807) is 24.4 Å². The number of likely N-dealkylation sites (tertiary alicyclic amines) is 1. The van der Waals surface area contributed by atoms with E-state index >= 15 is 0 Å². The van der Waals surface area contributed by atoms with Crippen molar-refractivity contribution in [2.45, 2.75) is 63.5 Å². The molecule has 13 nitrogen and oxygen atoms in total. The van der Waals surface area contributed by atoms with Gasteiger partial charge in [0.15, 0.2) is 16.5 Å². The molecule has 1 saturated heterocycles. The number of nitrogens with zero attached hydrogens (tertiary/aromatic N) is 5. The topological polar surface area (TPSA) is 147 Å². The summed E-state index contributed by atoms with van der Waals surface area (Å²) < 4.78 is 13.9. The van der Waals surface area contributed by atoms with Gasteiger partial charge in [-0.15, -0.1) is 11.3 Å². The van der Waals surface area contributed by atoms with Gasteiger partial charge in [0, 0.05) is 69.2 Å².